The average Bonchev–Trinajstić information content (AvgIpc) is 0.811. The molecule has 0 radical (unpaired) electrons. The third kappa shape index (κ3) is 8070000. The maximum absolute atomic E-state index is 8.44. The summed E-state index contributed by atoms with van der Waals surface area (Å²) in [6.07, 6.45) is -2.08. The minimum atomic E-state index is -2.08. The van der Waals surface area contributed by atoms with Crippen LogP contribution in [0.5, 0.6) is 0 Å². The van der Waals surface area contributed by atoms with Crippen molar-refractivity contribution in [1.82, 2.24) is 0 Å². The maximum atomic E-state index is 8.44. The first-order chi connectivity index (χ1) is 1.73. The molecule has 0 spiro atoms. The fourth-order valence-electron chi connectivity index (χ4n) is 0. The molecule has 12 heavy (non-hydrogen) atoms. The van der Waals surface area contributed by atoms with Gasteiger partial charge in [-0.2, -0.15) is 0 Å². The van der Waals surface area contributed by atoms with Gasteiger partial charge in [-0.25, -0.2) is 0 Å². The van der Waals surface area contributed by atoms with E-state index in [1.807, 2.05) is 0 Å². The Bertz CT molecular complexity index is 32.8. The summed E-state index contributed by atoms with van der Waals surface area (Å²) in [6.45, 7) is 0. The van der Waals surface area contributed by atoms with Gasteiger partial charge in [-0.15, -0.1) is 0 Å². The van der Waals surface area contributed by atoms with Crippen LogP contribution in [0.25, 0.3) is 0 Å². The number of hydrogen-bond donors (Lipinski definition) is 1. The topological polar surface area (TPSA) is 281 Å². The van der Waals surface area contributed by atoms with Gasteiger partial charge >= 0.3 is 29.6 Å². The summed E-state index contributed by atoms with van der Waals surface area (Å²) in [5, 5.41) is 15.3. The van der Waals surface area contributed by atoms with Gasteiger partial charge in [0.1, 0.15) is 0 Å². The van der Waals surface area contributed by atoms with Crippen molar-refractivity contribution in [2.45, 2.75) is 0 Å². The summed E-state index contributed by atoms with van der Waals surface area (Å²) in [7, 11) is 0. The van der Waals surface area contributed by atoms with Crippen LogP contribution in [0.15, 0.2) is 0 Å². The first kappa shape index (κ1) is 162. The zero-order chi connectivity index (χ0) is 3.58. The largest absolute Gasteiger partial charge is 1.00 e. The van der Waals surface area contributed by atoms with Gasteiger partial charge in [-0.3, -0.25) is 0 Å². The van der Waals surface area contributed by atoms with Crippen molar-refractivity contribution in [3.05, 3.63) is 0 Å². The van der Waals surface area contributed by atoms with E-state index in [0.29, 0.717) is 0 Å². The molecule has 0 atom stereocenters. The van der Waals surface area contributed by atoms with Gasteiger partial charge in [0, 0.05) is 0 Å². The standard InChI is InChI=1S/CH2O3.Na.7H2O/c2-1(3)4;;;;;;;;/h(H2,2,3,4);;7*1H2/q;+1;;;;;;;/p-1. The molecule has 0 aromatic heterocycles. The van der Waals surface area contributed by atoms with E-state index in [4.69, 9.17) is 15.0 Å². The molecule has 0 aliphatic carbocycles. The second-order valence-electron chi connectivity index (χ2n) is 0.266. The van der Waals surface area contributed by atoms with E-state index in [9.17, 15) is 0 Å². The fraction of sp³-hybridized carbons (Fsp3) is 0. The predicted molar refractivity (Wildman–Crippen MR) is 33.3 cm³/mol. The molecule has 0 aromatic carbocycles. The molecule has 80 valence electrons. The summed E-state index contributed by atoms with van der Waals surface area (Å²) in [6, 6.07) is 0. The number of carbonyl (C=O) groups is 1. The van der Waals surface area contributed by atoms with Gasteiger partial charge in [0.15, 0.2) is 0 Å². The monoisotopic (exact) mass is 210 g/mol. The second kappa shape index (κ2) is 123. The molecule has 15 N–H and O–H groups in total. The van der Waals surface area contributed by atoms with E-state index >= 15 is 0 Å². The Morgan fingerprint density at radius 3 is 0.833 bits per heavy atom. The van der Waals surface area contributed by atoms with Crippen molar-refractivity contribution in [3.8, 4) is 0 Å². The van der Waals surface area contributed by atoms with E-state index in [0.717, 1.165) is 0 Å². The molecule has 0 aliphatic rings. The minimum Gasteiger partial charge on any atom is -0.565 e. The Hall–Kier alpha value is -0.0100. The van der Waals surface area contributed by atoms with Gasteiger partial charge in [-0.05, 0) is 0 Å². The van der Waals surface area contributed by atoms with Crippen LogP contribution < -0.4 is 34.7 Å². The fourth-order valence-corrected chi connectivity index (χ4v) is 0. The van der Waals surface area contributed by atoms with Crippen molar-refractivity contribution in [2.24, 2.45) is 0 Å². The van der Waals surface area contributed by atoms with Crippen LogP contribution in [0.1, 0.15) is 0 Å². The van der Waals surface area contributed by atoms with Crippen LogP contribution in [0.4, 0.5) is 4.79 Å². The molecule has 0 heterocycles. The molecule has 0 saturated heterocycles. The molecule has 0 rings (SSSR count). The Morgan fingerprint density at radius 2 is 0.833 bits per heavy atom. The van der Waals surface area contributed by atoms with E-state index < -0.39 is 6.16 Å². The number of rotatable bonds is 0. The first-order valence-corrected chi connectivity index (χ1v) is 0.632. The Morgan fingerprint density at radius 1 is 0.833 bits per heavy atom. The van der Waals surface area contributed by atoms with Crippen molar-refractivity contribution >= 4 is 6.16 Å². The number of hydrogen-bond acceptors (Lipinski definition) is 2. The van der Waals surface area contributed by atoms with Crippen LogP contribution >= 0.6 is 0 Å². The molecule has 0 aliphatic heterocycles. The molecule has 0 unspecified atom stereocenters. The van der Waals surface area contributed by atoms with Crippen LogP contribution in [0, 0.1) is 0 Å². The average molecular weight is 210 g/mol. The quantitative estimate of drug-likeness (QED) is 0.381. The SMILES string of the molecule is O.O.O.O.O.O.O.O=C([O-])O.[Na+]. The molecule has 0 fully saturated rings. The first-order valence-electron chi connectivity index (χ1n) is 0.632. The van der Waals surface area contributed by atoms with Gasteiger partial charge in [0.2, 0.25) is 6.16 Å². The van der Waals surface area contributed by atoms with E-state index in [1.54, 1.807) is 0 Å². The molecular formula is CH15NaO10. The second-order valence-corrected chi connectivity index (χ2v) is 0.266. The van der Waals surface area contributed by atoms with Crippen molar-refractivity contribution in [3.63, 3.8) is 0 Å². The normalized spacial score (nSPS) is 2.00. The molecule has 10 nitrogen and oxygen atoms in total. The Balaban J connectivity index is -0.00000000161. The van der Waals surface area contributed by atoms with Crippen molar-refractivity contribution in [2.75, 3.05) is 0 Å². The van der Waals surface area contributed by atoms with Crippen LogP contribution in [-0.4, -0.2) is 49.6 Å². The summed E-state index contributed by atoms with van der Waals surface area (Å²) in [5.41, 5.74) is 0. The van der Waals surface area contributed by atoms with Crippen LogP contribution in [0.3, 0.4) is 0 Å². The zero-order valence-electron chi connectivity index (χ0n) is 6.26. The zero-order valence-corrected chi connectivity index (χ0v) is 8.26. The predicted octanol–water partition coefficient (Wildman–Crippen LogP) is -9.88. The maximum Gasteiger partial charge on any atom is 1.00 e. The van der Waals surface area contributed by atoms with Gasteiger partial charge in [0.25, 0.3) is 0 Å². The molecule has 0 saturated carbocycles. The van der Waals surface area contributed by atoms with Gasteiger partial charge < -0.3 is 53.3 Å². The van der Waals surface area contributed by atoms with Crippen LogP contribution in [-0.2, 0) is 0 Å². The number of carboxylic acid groups (broad SMARTS) is 2. The summed E-state index contributed by atoms with van der Waals surface area (Å²) in [5.74, 6) is 0. The minimum absolute atomic E-state index is 0. The molecular weight excluding hydrogens is 195 g/mol. The summed E-state index contributed by atoms with van der Waals surface area (Å²) < 4.78 is 0. The summed E-state index contributed by atoms with van der Waals surface area (Å²) in [4.78, 5) is 8.44. The molecule has 11 heteroatoms. The van der Waals surface area contributed by atoms with Crippen molar-refractivity contribution < 1.29 is 82.9 Å². The Kier molecular flexibility index (Phi) is 1660. The molecule has 0 aromatic rings. The van der Waals surface area contributed by atoms with E-state index in [1.165, 1.54) is 0 Å². The third-order valence-electron chi connectivity index (χ3n) is 0. The van der Waals surface area contributed by atoms with E-state index in [-0.39, 0.29) is 67.9 Å². The Labute approximate surface area is 89.3 Å². The summed E-state index contributed by atoms with van der Waals surface area (Å²) >= 11 is 0. The van der Waals surface area contributed by atoms with E-state index in [2.05, 4.69) is 0 Å². The molecule has 0 amide bonds. The van der Waals surface area contributed by atoms with Crippen molar-refractivity contribution in [1.29, 1.82) is 0 Å². The smallest absolute Gasteiger partial charge is 0.565 e. The van der Waals surface area contributed by atoms with Gasteiger partial charge in [0.05, 0.1) is 0 Å². The third-order valence-corrected chi connectivity index (χ3v) is 0. The van der Waals surface area contributed by atoms with Crippen LogP contribution in [0.2, 0.25) is 0 Å². The van der Waals surface area contributed by atoms with Gasteiger partial charge in [-0.1, -0.05) is 0 Å². The molecule has 0 bridgehead atoms.